The van der Waals surface area contributed by atoms with Gasteiger partial charge in [0.2, 0.25) is 0 Å². The Morgan fingerprint density at radius 2 is 1.95 bits per heavy atom. The van der Waals surface area contributed by atoms with Gasteiger partial charge in [-0.15, -0.1) is 0 Å². The van der Waals surface area contributed by atoms with Crippen LogP contribution in [-0.4, -0.2) is 24.0 Å². The van der Waals surface area contributed by atoms with Gasteiger partial charge in [-0.05, 0) is 40.0 Å². The molecule has 0 aliphatic carbocycles. The van der Waals surface area contributed by atoms with Gasteiger partial charge < -0.3 is 15.2 Å². The van der Waals surface area contributed by atoms with E-state index < -0.39 is 0 Å². The summed E-state index contributed by atoms with van der Waals surface area (Å²) in [5.74, 6) is 1.94. The first-order valence-electron chi connectivity index (χ1n) is 5.70. The first-order chi connectivity index (χ1) is 9.01. The van der Waals surface area contributed by atoms with Gasteiger partial charge in [-0.25, -0.2) is 0 Å². The number of hydrogen-bond donors (Lipinski definition) is 1. The molecule has 0 amide bonds. The third kappa shape index (κ3) is 2.16. The van der Waals surface area contributed by atoms with Gasteiger partial charge in [0.15, 0.2) is 11.5 Å². The lowest BCUT2D eigenvalue weighted by atomic mass is 10.0. The maximum absolute atomic E-state index is 6.03. The minimum Gasteiger partial charge on any atom is -0.493 e. The zero-order chi connectivity index (χ0) is 14.2. The van der Waals surface area contributed by atoms with E-state index in [0.717, 1.165) is 21.2 Å². The summed E-state index contributed by atoms with van der Waals surface area (Å²) in [5, 5.41) is 4.17. The number of aromatic nitrogens is 2. The van der Waals surface area contributed by atoms with Gasteiger partial charge in [-0.3, -0.25) is 4.68 Å². The number of nitrogen functional groups attached to an aromatic ring is 1. The Morgan fingerprint density at radius 3 is 2.42 bits per heavy atom. The van der Waals surface area contributed by atoms with Crippen molar-refractivity contribution in [2.24, 2.45) is 7.05 Å². The Kier molecular flexibility index (Phi) is 3.71. The Bertz CT molecular complexity index is 623. The molecule has 0 unspecified atom stereocenters. The number of ether oxygens (including phenoxy) is 2. The molecule has 102 valence electrons. The number of aryl methyl sites for hydroxylation is 1. The quantitative estimate of drug-likeness (QED) is 0.942. The minimum absolute atomic E-state index is 0.613. The van der Waals surface area contributed by atoms with Crippen LogP contribution in [0.4, 0.5) is 5.82 Å². The number of methoxy groups -OCH3 is 2. The second kappa shape index (κ2) is 5.13. The van der Waals surface area contributed by atoms with Crippen LogP contribution in [0, 0.1) is 6.92 Å². The van der Waals surface area contributed by atoms with Crippen LogP contribution in [0.5, 0.6) is 11.5 Å². The molecule has 0 saturated carbocycles. The van der Waals surface area contributed by atoms with Gasteiger partial charge in [0, 0.05) is 12.6 Å². The normalized spacial score (nSPS) is 10.6. The number of halogens is 1. The molecule has 1 aromatic heterocycles. The second-order valence-corrected chi connectivity index (χ2v) is 4.96. The van der Waals surface area contributed by atoms with Crippen molar-refractivity contribution in [2.45, 2.75) is 6.92 Å². The Labute approximate surface area is 120 Å². The molecule has 0 fully saturated rings. The highest BCUT2D eigenvalue weighted by Gasteiger charge is 2.18. The molecule has 5 nitrogen and oxygen atoms in total. The number of rotatable bonds is 3. The molecular weight excluding hydrogens is 310 g/mol. The number of anilines is 1. The summed E-state index contributed by atoms with van der Waals surface area (Å²) in [7, 11) is 5.03. The minimum atomic E-state index is 0.613. The highest BCUT2D eigenvalue weighted by atomic mass is 79.9. The molecule has 2 aromatic rings. The predicted molar refractivity (Wildman–Crippen MR) is 78.6 cm³/mol. The summed E-state index contributed by atoms with van der Waals surface area (Å²) in [6.45, 7) is 1.99. The summed E-state index contributed by atoms with van der Waals surface area (Å²) < 4.78 is 13.2. The molecule has 2 N–H and O–H groups in total. The van der Waals surface area contributed by atoms with Crippen LogP contribution in [0.15, 0.2) is 16.7 Å². The summed E-state index contributed by atoms with van der Waals surface area (Å²) in [6, 6.07) is 1.91. The second-order valence-electron chi connectivity index (χ2n) is 4.17. The maximum Gasteiger partial charge on any atom is 0.175 e. The van der Waals surface area contributed by atoms with Crippen LogP contribution in [0.2, 0.25) is 0 Å². The lowest BCUT2D eigenvalue weighted by molar-refractivity contribution is 0.353. The van der Waals surface area contributed by atoms with Crippen molar-refractivity contribution >= 4 is 21.7 Å². The van der Waals surface area contributed by atoms with Crippen LogP contribution < -0.4 is 15.2 Å². The molecule has 1 heterocycles. The van der Waals surface area contributed by atoms with Gasteiger partial charge >= 0.3 is 0 Å². The van der Waals surface area contributed by atoms with Gasteiger partial charge in [-0.1, -0.05) is 0 Å². The molecule has 19 heavy (non-hydrogen) atoms. The van der Waals surface area contributed by atoms with E-state index in [1.165, 1.54) is 0 Å². The summed E-state index contributed by atoms with van der Waals surface area (Å²) >= 11 is 3.54. The third-order valence-corrected chi connectivity index (χ3v) is 4.09. The summed E-state index contributed by atoms with van der Waals surface area (Å²) in [6.07, 6.45) is 1.75. The molecule has 1 aromatic carbocycles. The van der Waals surface area contributed by atoms with E-state index >= 15 is 0 Å². The van der Waals surface area contributed by atoms with Crippen molar-refractivity contribution in [3.63, 3.8) is 0 Å². The standard InChI is InChI=1S/C13H16BrN3O2/c1-7-8(9-6-16-17(2)13(9)15)5-10(18-3)12(19-4)11(7)14/h5-6H,15H2,1-4H3. The molecule has 0 saturated heterocycles. The maximum atomic E-state index is 6.03. The fourth-order valence-electron chi connectivity index (χ4n) is 1.98. The molecule has 6 heteroatoms. The van der Waals surface area contributed by atoms with Crippen molar-refractivity contribution in [1.29, 1.82) is 0 Å². The van der Waals surface area contributed by atoms with Crippen LogP contribution in [0.3, 0.4) is 0 Å². The number of hydrogen-bond acceptors (Lipinski definition) is 4. The fraction of sp³-hybridized carbons (Fsp3) is 0.308. The monoisotopic (exact) mass is 325 g/mol. The largest absolute Gasteiger partial charge is 0.493 e. The molecule has 0 spiro atoms. The SMILES string of the molecule is COc1cc(-c2cnn(C)c2N)c(C)c(Br)c1OC. The Balaban J connectivity index is 2.71. The van der Waals surface area contributed by atoms with Crippen LogP contribution in [0.1, 0.15) is 5.56 Å². The van der Waals surface area contributed by atoms with Crippen LogP contribution >= 0.6 is 15.9 Å². The van der Waals surface area contributed by atoms with Crippen LogP contribution in [-0.2, 0) is 7.05 Å². The van der Waals surface area contributed by atoms with E-state index in [2.05, 4.69) is 21.0 Å². The first-order valence-corrected chi connectivity index (χ1v) is 6.49. The Morgan fingerprint density at radius 1 is 1.26 bits per heavy atom. The molecule has 0 radical (unpaired) electrons. The van der Waals surface area contributed by atoms with Crippen LogP contribution in [0.25, 0.3) is 11.1 Å². The number of benzene rings is 1. The molecule has 0 aliphatic rings. The van der Waals surface area contributed by atoms with E-state index in [0.29, 0.717) is 17.3 Å². The predicted octanol–water partition coefficient (Wildman–Crippen LogP) is 2.76. The lowest BCUT2D eigenvalue weighted by Crippen LogP contribution is -2.00. The molecule has 0 aliphatic heterocycles. The molecular formula is C13H16BrN3O2. The van der Waals surface area contributed by atoms with Gasteiger partial charge in [0.1, 0.15) is 5.82 Å². The van der Waals surface area contributed by atoms with Crippen molar-refractivity contribution in [3.8, 4) is 22.6 Å². The van der Waals surface area contributed by atoms with Crippen molar-refractivity contribution in [2.75, 3.05) is 20.0 Å². The van der Waals surface area contributed by atoms with E-state index in [1.807, 2.05) is 20.0 Å². The smallest absolute Gasteiger partial charge is 0.175 e. The number of nitrogens with two attached hydrogens (primary N) is 1. The number of nitrogens with zero attached hydrogens (tertiary/aromatic N) is 2. The zero-order valence-electron chi connectivity index (χ0n) is 11.3. The zero-order valence-corrected chi connectivity index (χ0v) is 12.9. The van der Waals surface area contributed by atoms with Crippen molar-refractivity contribution in [1.82, 2.24) is 9.78 Å². The third-order valence-electron chi connectivity index (χ3n) is 3.13. The van der Waals surface area contributed by atoms with E-state index in [9.17, 15) is 0 Å². The summed E-state index contributed by atoms with van der Waals surface area (Å²) in [4.78, 5) is 0. The molecule has 0 atom stereocenters. The van der Waals surface area contributed by atoms with E-state index in [4.69, 9.17) is 15.2 Å². The van der Waals surface area contributed by atoms with E-state index in [-0.39, 0.29) is 0 Å². The first kappa shape index (κ1) is 13.7. The summed E-state index contributed by atoms with van der Waals surface area (Å²) in [5.41, 5.74) is 8.90. The topological polar surface area (TPSA) is 62.3 Å². The van der Waals surface area contributed by atoms with Crippen molar-refractivity contribution < 1.29 is 9.47 Å². The lowest BCUT2D eigenvalue weighted by Gasteiger charge is -2.15. The highest BCUT2D eigenvalue weighted by Crippen LogP contribution is 2.43. The van der Waals surface area contributed by atoms with Gasteiger partial charge in [0.05, 0.1) is 24.9 Å². The average Bonchev–Trinajstić information content (AvgIpc) is 2.73. The average molecular weight is 326 g/mol. The van der Waals surface area contributed by atoms with Gasteiger partial charge in [-0.2, -0.15) is 5.10 Å². The molecule has 2 rings (SSSR count). The Hall–Kier alpha value is -1.69. The van der Waals surface area contributed by atoms with E-state index in [1.54, 1.807) is 25.1 Å². The van der Waals surface area contributed by atoms with Gasteiger partial charge in [0.25, 0.3) is 0 Å². The van der Waals surface area contributed by atoms with Crippen molar-refractivity contribution in [3.05, 3.63) is 22.3 Å². The molecule has 0 bridgehead atoms. The fourth-order valence-corrected chi connectivity index (χ4v) is 2.55. The highest BCUT2D eigenvalue weighted by molar-refractivity contribution is 9.10.